The van der Waals surface area contributed by atoms with Gasteiger partial charge in [0.2, 0.25) is 5.88 Å². The van der Waals surface area contributed by atoms with Crippen LogP contribution in [-0.2, 0) is 4.79 Å². The number of halogens is 2. The van der Waals surface area contributed by atoms with E-state index >= 15 is 0 Å². The molecule has 1 heterocycles. The van der Waals surface area contributed by atoms with Crippen LogP contribution in [0.3, 0.4) is 0 Å². The highest BCUT2D eigenvalue weighted by molar-refractivity contribution is 6.04. The van der Waals surface area contributed by atoms with Crippen LogP contribution in [0.1, 0.15) is 28.4 Å². The zero-order valence-electron chi connectivity index (χ0n) is 22.0. The number of aromatic nitrogens is 2. The molecule has 0 aliphatic carbocycles. The summed E-state index contributed by atoms with van der Waals surface area (Å²) in [5, 5.41) is 7.60. The van der Waals surface area contributed by atoms with Gasteiger partial charge in [-0.3, -0.25) is 9.59 Å². The van der Waals surface area contributed by atoms with Gasteiger partial charge < -0.3 is 10.1 Å². The molecule has 0 saturated heterocycles. The van der Waals surface area contributed by atoms with Crippen molar-refractivity contribution in [3.63, 3.8) is 0 Å². The predicted molar refractivity (Wildman–Crippen MR) is 150 cm³/mol. The van der Waals surface area contributed by atoms with Crippen LogP contribution < -0.4 is 10.1 Å². The zero-order chi connectivity index (χ0) is 28.4. The Morgan fingerprint density at radius 2 is 1.52 bits per heavy atom. The van der Waals surface area contributed by atoms with Crippen molar-refractivity contribution in [2.75, 3.05) is 5.32 Å². The van der Waals surface area contributed by atoms with Crippen molar-refractivity contribution < 1.29 is 23.1 Å². The molecule has 0 aliphatic heterocycles. The third-order valence-corrected chi connectivity index (χ3v) is 6.31. The number of carbonyl (C=O) groups excluding carboxylic acids is 2. The number of ether oxygens (including phenoxy) is 1. The molecule has 0 radical (unpaired) electrons. The SMILES string of the molecule is CC(=O)Oc1c(-c2ccc(NC(=O)c3cccc(F)c3)cc2)c(-c2ccc(F)cc2)nn1-c1cc(C)ccc1C. The maximum atomic E-state index is 13.8. The molecular formula is C32H25F2N3O3. The van der Waals surface area contributed by atoms with E-state index in [0.29, 0.717) is 28.1 Å². The van der Waals surface area contributed by atoms with Gasteiger partial charge in [0.05, 0.1) is 11.3 Å². The van der Waals surface area contributed by atoms with Crippen LogP contribution in [0.2, 0.25) is 0 Å². The normalized spacial score (nSPS) is 10.8. The second kappa shape index (κ2) is 10.9. The molecule has 0 fully saturated rings. The van der Waals surface area contributed by atoms with Crippen LogP contribution in [0.4, 0.5) is 14.5 Å². The molecule has 200 valence electrons. The summed E-state index contributed by atoms with van der Waals surface area (Å²) in [7, 11) is 0. The maximum absolute atomic E-state index is 13.8. The molecule has 0 atom stereocenters. The average molecular weight is 538 g/mol. The minimum Gasteiger partial charge on any atom is -0.407 e. The second-order valence-corrected chi connectivity index (χ2v) is 9.37. The molecule has 0 bridgehead atoms. The van der Waals surface area contributed by atoms with E-state index < -0.39 is 23.5 Å². The van der Waals surface area contributed by atoms with Crippen molar-refractivity contribution in [3.05, 3.63) is 119 Å². The first-order chi connectivity index (χ1) is 19.2. The summed E-state index contributed by atoms with van der Waals surface area (Å²) in [5.41, 5.74) is 5.58. The first-order valence-electron chi connectivity index (χ1n) is 12.5. The number of esters is 1. The monoisotopic (exact) mass is 537 g/mol. The molecule has 1 aromatic heterocycles. The number of aryl methyl sites for hydroxylation is 2. The number of benzene rings is 4. The van der Waals surface area contributed by atoms with Crippen LogP contribution in [0.15, 0.2) is 91.0 Å². The van der Waals surface area contributed by atoms with E-state index in [-0.39, 0.29) is 11.4 Å². The minimum absolute atomic E-state index is 0.189. The lowest BCUT2D eigenvalue weighted by atomic mass is 10.0. The molecule has 4 aromatic carbocycles. The zero-order valence-corrected chi connectivity index (χ0v) is 22.0. The molecule has 5 aromatic rings. The van der Waals surface area contributed by atoms with Crippen LogP contribution in [0.5, 0.6) is 5.88 Å². The van der Waals surface area contributed by atoms with Gasteiger partial charge in [-0.2, -0.15) is 9.78 Å². The van der Waals surface area contributed by atoms with Gasteiger partial charge in [-0.1, -0.05) is 30.3 Å². The van der Waals surface area contributed by atoms with Crippen LogP contribution >= 0.6 is 0 Å². The lowest BCUT2D eigenvalue weighted by molar-refractivity contribution is -0.132. The predicted octanol–water partition coefficient (Wildman–Crippen LogP) is 7.28. The Morgan fingerprint density at radius 3 is 2.20 bits per heavy atom. The molecule has 6 nitrogen and oxygen atoms in total. The van der Waals surface area contributed by atoms with E-state index in [4.69, 9.17) is 9.84 Å². The minimum atomic E-state index is -0.530. The van der Waals surface area contributed by atoms with Crippen molar-refractivity contribution >= 4 is 17.6 Å². The third-order valence-electron chi connectivity index (χ3n) is 6.31. The number of rotatable bonds is 6. The fourth-order valence-electron chi connectivity index (χ4n) is 4.37. The maximum Gasteiger partial charge on any atom is 0.309 e. The number of amides is 1. The molecule has 0 unspecified atom stereocenters. The van der Waals surface area contributed by atoms with Crippen molar-refractivity contribution in [2.24, 2.45) is 0 Å². The highest BCUT2D eigenvalue weighted by atomic mass is 19.1. The van der Waals surface area contributed by atoms with Gasteiger partial charge in [-0.25, -0.2) is 8.78 Å². The van der Waals surface area contributed by atoms with Crippen molar-refractivity contribution in [1.29, 1.82) is 0 Å². The van der Waals surface area contributed by atoms with E-state index in [2.05, 4.69) is 5.32 Å². The number of nitrogens with one attached hydrogen (secondary N) is 1. The summed E-state index contributed by atoms with van der Waals surface area (Å²) in [4.78, 5) is 24.9. The Morgan fingerprint density at radius 1 is 0.825 bits per heavy atom. The fraction of sp³-hybridized carbons (Fsp3) is 0.0938. The standard InChI is InChI=1S/C32H25F2N3O3/c1-19-7-8-20(2)28(17-19)37-32(40-21(3)38)29(30(36-37)23-9-13-25(33)14-10-23)22-11-15-27(16-12-22)35-31(39)24-5-4-6-26(34)18-24/h4-18H,1-3H3,(H,35,39). The largest absolute Gasteiger partial charge is 0.407 e. The number of hydrogen-bond donors (Lipinski definition) is 1. The first kappa shape index (κ1) is 26.5. The summed E-state index contributed by atoms with van der Waals surface area (Å²) in [6.45, 7) is 5.20. The van der Waals surface area contributed by atoms with Gasteiger partial charge in [-0.15, -0.1) is 0 Å². The molecule has 5 rings (SSSR count). The van der Waals surface area contributed by atoms with Gasteiger partial charge in [0, 0.05) is 23.7 Å². The summed E-state index contributed by atoms with van der Waals surface area (Å²) in [5.74, 6) is -1.68. The summed E-state index contributed by atoms with van der Waals surface area (Å²) < 4.78 is 34.7. The number of carbonyl (C=O) groups is 2. The Hall–Kier alpha value is -5.11. The average Bonchev–Trinajstić information content (AvgIpc) is 3.29. The van der Waals surface area contributed by atoms with E-state index in [1.807, 2.05) is 32.0 Å². The van der Waals surface area contributed by atoms with Crippen LogP contribution in [-0.4, -0.2) is 21.7 Å². The topological polar surface area (TPSA) is 73.2 Å². The Bertz CT molecular complexity index is 1730. The van der Waals surface area contributed by atoms with Crippen LogP contribution in [0.25, 0.3) is 28.1 Å². The third kappa shape index (κ3) is 5.51. The smallest absolute Gasteiger partial charge is 0.309 e. The van der Waals surface area contributed by atoms with E-state index in [9.17, 15) is 18.4 Å². The van der Waals surface area contributed by atoms with Crippen molar-refractivity contribution in [3.8, 4) is 34.0 Å². The molecule has 1 N–H and O–H groups in total. The van der Waals surface area contributed by atoms with Gasteiger partial charge in [0.15, 0.2) is 0 Å². The number of nitrogens with zero attached hydrogens (tertiary/aromatic N) is 2. The van der Waals surface area contributed by atoms with Crippen LogP contribution in [0, 0.1) is 25.5 Å². The summed E-state index contributed by atoms with van der Waals surface area (Å²) in [6.07, 6.45) is 0. The van der Waals surface area contributed by atoms with Crippen molar-refractivity contribution in [2.45, 2.75) is 20.8 Å². The molecule has 0 saturated carbocycles. The van der Waals surface area contributed by atoms with E-state index in [1.165, 1.54) is 37.3 Å². The van der Waals surface area contributed by atoms with Gasteiger partial charge in [-0.05, 0) is 91.2 Å². The lowest BCUT2D eigenvalue weighted by Gasteiger charge is -2.12. The van der Waals surface area contributed by atoms with E-state index in [1.54, 1.807) is 41.1 Å². The van der Waals surface area contributed by atoms with Gasteiger partial charge >= 0.3 is 5.97 Å². The summed E-state index contributed by atoms with van der Waals surface area (Å²) in [6, 6.07) is 24.1. The quantitative estimate of drug-likeness (QED) is 0.231. The van der Waals surface area contributed by atoms with Gasteiger partial charge in [0.1, 0.15) is 17.3 Å². The molecule has 40 heavy (non-hydrogen) atoms. The molecule has 8 heteroatoms. The Balaban J connectivity index is 1.63. The first-order valence-corrected chi connectivity index (χ1v) is 12.5. The fourth-order valence-corrected chi connectivity index (χ4v) is 4.37. The van der Waals surface area contributed by atoms with Gasteiger partial charge in [0.25, 0.3) is 5.91 Å². The Labute approximate surface area is 229 Å². The highest BCUT2D eigenvalue weighted by Crippen LogP contribution is 2.41. The number of hydrogen-bond acceptors (Lipinski definition) is 4. The number of anilines is 1. The molecule has 1 amide bonds. The summed E-state index contributed by atoms with van der Waals surface area (Å²) >= 11 is 0. The highest BCUT2D eigenvalue weighted by Gasteiger charge is 2.25. The van der Waals surface area contributed by atoms with E-state index in [0.717, 1.165) is 22.9 Å². The second-order valence-electron chi connectivity index (χ2n) is 9.37. The molecule has 0 spiro atoms. The molecule has 0 aliphatic rings. The lowest BCUT2D eigenvalue weighted by Crippen LogP contribution is -2.12. The van der Waals surface area contributed by atoms with Crippen molar-refractivity contribution in [1.82, 2.24) is 9.78 Å². The molecular weight excluding hydrogens is 512 g/mol. The Kier molecular flexibility index (Phi) is 7.25.